The van der Waals surface area contributed by atoms with Gasteiger partial charge in [0.2, 0.25) is 15.9 Å². The standard InChI is InChI=1S/C19H22N2O4S/c1-4-11-25-18-10-6-8-16(13-18)20-19(22)14-21(26(3,23)24)17-9-5-7-15(2)12-17/h4-10,12-13H,1,11,14H2,2-3H3,(H,20,22). The van der Waals surface area contributed by atoms with E-state index in [1.54, 1.807) is 48.5 Å². The lowest BCUT2D eigenvalue weighted by Gasteiger charge is -2.22. The molecule has 0 aliphatic carbocycles. The first kappa shape index (κ1) is 19.5. The minimum atomic E-state index is -3.61. The summed E-state index contributed by atoms with van der Waals surface area (Å²) in [5, 5.41) is 2.69. The number of nitrogens with one attached hydrogen (secondary N) is 1. The predicted octanol–water partition coefficient (Wildman–Crippen LogP) is 2.96. The van der Waals surface area contributed by atoms with Crippen molar-refractivity contribution in [2.75, 3.05) is 29.0 Å². The molecule has 6 nitrogen and oxygen atoms in total. The van der Waals surface area contributed by atoms with Crippen LogP contribution < -0.4 is 14.4 Å². The first-order valence-electron chi connectivity index (χ1n) is 7.97. The van der Waals surface area contributed by atoms with Crippen molar-refractivity contribution >= 4 is 27.3 Å². The second-order valence-corrected chi connectivity index (χ2v) is 7.69. The molecule has 0 radical (unpaired) electrons. The highest BCUT2D eigenvalue weighted by molar-refractivity contribution is 7.92. The third-order valence-electron chi connectivity index (χ3n) is 3.46. The molecular formula is C19H22N2O4S. The summed E-state index contributed by atoms with van der Waals surface area (Å²) in [6.07, 6.45) is 2.70. The average molecular weight is 374 g/mol. The van der Waals surface area contributed by atoms with E-state index in [0.717, 1.165) is 16.1 Å². The van der Waals surface area contributed by atoms with Crippen LogP contribution in [0.3, 0.4) is 0 Å². The summed E-state index contributed by atoms with van der Waals surface area (Å²) in [6.45, 7) is 5.47. The largest absolute Gasteiger partial charge is 0.489 e. The zero-order valence-corrected chi connectivity index (χ0v) is 15.6. The summed E-state index contributed by atoms with van der Waals surface area (Å²) in [7, 11) is -3.61. The average Bonchev–Trinajstić information content (AvgIpc) is 2.57. The highest BCUT2D eigenvalue weighted by atomic mass is 32.2. The van der Waals surface area contributed by atoms with Crippen molar-refractivity contribution in [1.29, 1.82) is 0 Å². The van der Waals surface area contributed by atoms with Gasteiger partial charge < -0.3 is 10.1 Å². The molecule has 0 aliphatic heterocycles. The van der Waals surface area contributed by atoms with Gasteiger partial charge in [-0.25, -0.2) is 8.42 Å². The molecule has 0 fully saturated rings. The first-order valence-corrected chi connectivity index (χ1v) is 9.82. The molecule has 0 saturated heterocycles. The van der Waals surface area contributed by atoms with E-state index in [9.17, 15) is 13.2 Å². The molecule has 2 rings (SSSR count). The Morgan fingerprint density at radius 3 is 2.62 bits per heavy atom. The predicted molar refractivity (Wildman–Crippen MR) is 104 cm³/mol. The number of aryl methyl sites for hydroxylation is 1. The van der Waals surface area contributed by atoms with E-state index in [1.807, 2.05) is 13.0 Å². The van der Waals surface area contributed by atoms with Crippen molar-refractivity contribution < 1.29 is 17.9 Å². The minimum absolute atomic E-state index is 0.319. The molecule has 7 heteroatoms. The van der Waals surface area contributed by atoms with Gasteiger partial charge in [0.15, 0.2) is 0 Å². The maximum Gasteiger partial charge on any atom is 0.245 e. The van der Waals surface area contributed by atoms with E-state index in [2.05, 4.69) is 11.9 Å². The van der Waals surface area contributed by atoms with Gasteiger partial charge in [-0.1, -0.05) is 30.9 Å². The second kappa shape index (κ2) is 8.53. The van der Waals surface area contributed by atoms with Gasteiger partial charge in [0.25, 0.3) is 0 Å². The molecule has 2 aromatic rings. The molecule has 138 valence electrons. The molecule has 0 heterocycles. The van der Waals surface area contributed by atoms with Crippen LogP contribution in [0.1, 0.15) is 5.56 Å². The first-order chi connectivity index (χ1) is 12.3. The minimum Gasteiger partial charge on any atom is -0.489 e. The van der Waals surface area contributed by atoms with Crippen molar-refractivity contribution in [3.63, 3.8) is 0 Å². The molecule has 0 aliphatic rings. The van der Waals surface area contributed by atoms with E-state index in [4.69, 9.17) is 4.74 Å². The number of nitrogens with zero attached hydrogens (tertiary/aromatic N) is 1. The molecule has 26 heavy (non-hydrogen) atoms. The zero-order valence-electron chi connectivity index (χ0n) is 14.8. The summed E-state index contributed by atoms with van der Waals surface area (Å²) in [4.78, 5) is 12.4. The summed E-state index contributed by atoms with van der Waals surface area (Å²) in [5.74, 6) is 0.138. The lowest BCUT2D eigenvalue weighted by molar-refractivity contribution is -0.114. The Kier molecular flexibility index (Phi) is 6.41. The summed E-state index contributed by atoms with van der Waals surface area (Å²) >= 11 is 0. The number of carbonyl (C=O) groups is 1. The Hall–Kier alpha value is -2.80. The smallest absolute Gasteiger partial charge is 0.245 e. The monoisotopic (exact) mass is 374 g/mol. The number of carbonyl (C=O) groups excluding carboxylic acids is 1. The highest BCUT2D eigenvalue weighted by Crippen LogP contribution is 2.20. The molecular weight excluding hydrogens is 352 g/mol. The van der Waals surface area contributed by atoms with Crippen molar-refractivity contribution in [2.45, 2.75) is 6.92 Å². The fourth-order valence-corrected chi connectivity index (χ4v) is 3.18. The van der Waals surface area contributed by atoms with Gasteiger partial charge >= 0.3 is 0 Å². The van der Waals surface area contributed by atoms with Gasteiger partial charge in [-0.15, -0.1) is 0 Å². The van der Waals surface area contributed by atoms with Crippen molar-refractivity contribution in [3.05, 3.63) is 66.7 Å². The SMILES string of the molecule is C=CCOc1cccc(NC(=O)CN(c2cccc(C)c2)S(C)(=O)=O)c1. The maximum atomic E-state index is 12.4. The van der Waals surface area contributed by atoms with Crippen LogP contribution >= 0.6 is 0 Å². The van der Waals surface area contributed by atoms with Crippen LogP contribution in [0.25, 0.3) is 0 Å². The number of hydrogen-bond donors (Lipinski definition) is 1. The van der Waals surface area contributed by atoms with Crippen LogP contribution in [0.2, 0.25) is 0 Å². The second-order valence-electron chi connectivity index (χ2n) is 5.78. The molecule has 0 unspecified atom stereocenters. The number of ether oxygens (including phenoxy) is 1. The van der Waals surface area contributed by atoms with Crippen LogP contribution in [-0.4, -0.2) is 33.7 Å². The Balaban J connectivity index is 2.14. The lowest BCUT2D eigenvalue weighted by atomic mass is 10.2. The quantitative estimate of drug-likeness (QED) is 0.721. The van der Waals surface area contributed by atoms with Crippen molar-refractivity contribution in [2.24, 2.45) is 0 Å². The van der Waals surface area contributed by atoms with Gasteiger partial charge in [0.05, 0.1) is 11.9 Å². The number of sulfonamides is 1. The van der Waals surface area contributed by atoms with E-state index in [-0.39, 0.29) is 6.54 Å². The molecule has 1 N–H and O–H groups in total. The zero-order chi connectivity index (χ0) is 19.2. The third-order valence-corrected chi connectivity index (χ3v) is 4.60. The van der Waals surface area contributed by atoms with Crippen molar-refractivity contribution in [3.8, 4) is 5.75 Å². The molecule has 0 aromatic heterocycles. The van der Waals surface area contributed by atoms with E-state index < -0.39 is 15.9 Å². The van der Waals surface area contributed by atoms with Gasteiger partial charge in [-0.05, 0) is 36.8 Å². The molecule has 1 amide bonds. The molecule has 2 aromatic carbocycles. The number of benzene rings is 2. The topological polar surface area (TPSA) is 75.7 Å². The number of rotatable bonds is 8. The van der Waals surface area contributed by atoms with Gasteiger partial charge in [-0.3, -0.25) is 9.10 Å². The molecule has 0 bridgehead atoms. The summed E-state index contributed by atoms with van der Waals surface area (Å²) < 4.78 is 30.7. The fraction of sp³-hybridized carbons (Fsp3) is 0.211. The van der Waals surface area contributed by atoms with E-state index >= 15 is 0 Å². The highest BCUT2D eigenvalue weighted by Gasteiger charge is 2.21. The summed E-state index contributed by atoms with van der Waals surface area (Å²) in [5.41, 5.74) is 1.88. The molecule has 0 saturated carbocycles. The number of anilines is 2. The normalized spacial score (nSPS) is 10.8. The Labute approximate surface area is 154 Å². The van der Waals surface area contributed by atoms with Gasteiger partial charge in [0.1, 0.15) is 18.9 Å². The Morgan fingerprint density at radius 2 is 1.96 bits per heavy atom. The molecule has 0 spiro atoms. The van der Waals surface area contributed by atoms with Gasteiger partial charge in [-0.2, -0.15) is 0 Å². The number of amides is 1. The van der Waals surface area contributed by atoms with E-state index in [0.29, 0.717) is 23.7 Å². The van der Waals surface area contributed by atoms with Gasteiger partial charge in [0, 0.05) is 11.8 Å². The fourth-order valence-electron chi connectivity index (χ4n) is 2.33. The summed E-state index contributed by atoms with van der Waals surface area (Å²) in [6, 6.07) is 13.9. The van der Waals surface area contributed by atoms with Crippen LogP contribution in [0.4, 0.5) is 11.4 Å². The Bertz CT molecular complexity index is 894. The third kappa shape index (κ3) is 5.63. The van der Waals surface area contributed by atoms with Crippen LogP contribution in [-0.2, 0) is 14.8 Å². The Morgan fingerprint density at radius 1 is 1.23 bits per heavy atom. The van der Waals surface area contributed by atoms with Crippen molar-refractivity contribution in [1.82, 2.24) is 0 Å². The van der Waals surface area contributed by atoms with Crippen LogP contribution in [0.15, 0.2) is 61.2 Å². The maximum absolute atomic E-state index is 12.4. The number of hydrogen-bond acceptors (Lipinski definition) is 4. The van der Waals surface area contributed by atoms with Crippen LogP contribution in [0, 0.1) is 6.92 Å². The van der Waals surface area contributed by atoms with Crippen LogP contribution in [0.5, 0.6) is 5.75 Å². The molecule has 0 atom stereocenters. The van der Waals surface area contributed by atoms with E-state index in [1.165, 1.54) is 0 Å². The lowest BCUT2D eigenvalue weighted by Crippen LogP contribution is -2.37.